The molecule has 1 aliphatic rings. The van der Waals surface area contributed by atoms with Gasteiger partial charge >= 0.3 is 0 Å². The van der Waals surface area contributed by atoms with Gasteiger partial charge in [-0.1, -0.05) is 32.0 Å². The maximum absolute atomic E-state index is 12.9. The highest BCUT2D eigenvalue weighted by atomic mass is 16.3. The zero-order valence-electron chi connectivity index (χ0n) is 13.3. The quantitative estimate of drug-likeness (QED) is 0.947. The molecule has 0 radical (unpaired) electrons. The topological polar surface area (TPSA) is 45.5 Å². The number of hydrogen-bond donors (Lipinski definition) is 1. The predicted octanol–water partition coefficient (Wildman–Crippen LogP) is 2.89. The molecule has 0 unspecified atom stereocenters. The highest BCUT2D eigenvalue weighted by Crippen LogP contribution is 2.25. The monoisotopic (exact) mass is 300 g/mol. The van der Waals surface area contributed by atoms with Crippen LogP contribution in [0.1, 0.15) is 37.0 Å². The van der Waals surface area contributed by atoms with Gasteiger partial charge < -0.3 is 14.6 Å². The van der Waals surface area contributed by atoms with Gasteiger partial charge in [0.1, 0.15) is 0 Å². The van der Waals surface area contributed by atoms with Crippen LogP contribution in [0.3, 0.4) is 0 Å². The normalized spacial score (nSPS) is 16.6. The van der Waals surface area contributed by atoms with Crippen LogP contribution in [0.5, 0.6) is 0 Å². The Morgan fingerprint density at radius 2 is 1.95 bits per heavy atom. The molecule has 0 aliphatic carbocycles. The van der Waals surface area contributed by atoms with E-state index in [4.69, 9.17) is 0 Å². The van der Waals surface area contributed by atoms with Crippen LogP contribution in [-0.2, 0) is 6.54 Å². The number of aliphatic hydroxyl groups excluding tert-OH is 1. The molecule has 1 aliphatic heterocycles. The predicted molar refractivity (Wildman–Crippen MR) is 87.9 cm³/mol. The first kappa shape index (κ1) is 15.1. The number of carbonyl (C=O) groups excluding carboxylic acids is 1. The van der Waals surface area contributed by atoms with Gasteiger partial charge in [0.05, 0.1) is 11.7 Å². The van der Waals surface area contributed by atoms with Crippen molar-refractivity contribution in [2.24, 2.45) is 5.92 Å². The summed E-state index contributed by atoms with van der Waals surface area (Å²) in [6.45, 7) is 6.56. The summed E-state index contributed by atoms with van der Waals surface area (Å²) in [6.07, 6.45) is 3.09. The lowest BCUT2D eigenvalue weighted by molar-refractivity contribution is 0.0548. The third-order valence-corrected chi connectivity index (χ3v) is 4.33. The van der Waals surface area contributed by atoms with Crippen LogP contribution in [0.15, 0.2) is 30.5 Å². The second-order valence-corrected chi connectivity index (χ2v) is 6.63. The number of nitrogens with zero attached hydrogens (tertiary/aromatic N) is 2. The zero-order valence-corrected chi connectivity index (χ0v) is 13.3. The minimum Gasteiger partial charge on any atom is -0.393 e. The molecule has 1 amide bonds. The van der Waals surface area contributed by atoms with Crippen molar-refractivity contribution in [3.05, 3.63) is 36.0 Å². The van der Waals surface area contributed by atoms with Crippen LogP contribution >= 0.6 is 0 Å². The van der Waals surface area contributed by atoms with Crippen LogP contribution in [0.25, 0.3) is 10.9 Å². The number of likely N-dealkylation sites (tertiary alicyclic amines) is 1. The van der Waals surface area contributed by atoms with E-state index in [1.54, 1.807) is 0 Å². The number of fused-ring (bicyclic) bond motifs is 1. The van der Waals surface area contributed by atoms with E-state index in [0.717, 1.165) is 23.0 Å². The van der Waals surface area contributed by atoms with E-state index < -0.39 is 0 Å². The molecule has 1 aromatic heterocycles. The average Bonchev–Trinajstić information content (AvgIpc) is 2.86. The van der Waals surface area contributed by atoms with Crippen LogP contribution in [0.4, 0.5) is 0 Å². The molecule has 0 saturated carbocycles. The number of benzene rings is 1. The summed E-state index contributed by atoms with van der Waals surface area (Å²) in [7, 11) is 0. The Balaban J connectivity index is 1.94. The number of amides is 1. The van der Waals surface area contributed by atoms with Crippen molar-refractivity contribution in [1.29, 1.82) is 0 Å². The SMILES string of the molecule is CC(C)Cn1cc(C(=O)N2CCC(O)CC2)c2ccccc21. The van der Waals surface area contributed by atoms with Crippen LogP contribution in [0, 0.1) is 5.92 Å². The Bertz CT molecular complexity index is 667. The number of rotatable bonds is 3. The minimum absolute atomic E-state index is 0.0885. The molecule has 0 bridgehead atoms. The van der Waals surface area contributed by atoms with Crippen molar-refractivity contribution >= 4 is 16.8 Å². The molecule has 1 fully saturated rings. The summed E-state index contributed by atoms with van der Waals surface area (Å²) in [6, 6.07) is 8.11. The fourth-order valence-corrected chi connectivity index (χ4v) is 3.20. The molecule has 1 aromatic carbocycles. The van der Waals surface area contributed by atoms with E-state index >= 15 is 0 Å². The third-order valence-electron chi connectivity index (χ3n) is 4.33. The maximum Gasteiger partial charge on any atom is 0.256 e. The van der Waals surface area contributed by atoms with E-state index in [9.17, 15) is 9.90 Å². The molecule has 0 spiro atoms. The minimum atomic E-state index is -0.258. The zero-order chi connectivity index (χ0) is 15.7. The Kier molecular flexibility index (Phi) is 4.21. The summed E-state index contributed by atoms with van der Waals surface area (Å²) in [5, 5.41) is 10.6. The molecular formula is C18H24N2O2. The molecule has 3 rings (SSSR count). The number of para-hydroxylation sites is 1. The summed E-state index contributed by atoms with van der Waals surface area (Å²) in [5.74, 6) is 0.620. The van der Waals surface area contributed by atoms with Crippen LogP contribution < -0.4 is 0 Å². The Hall–Kier alpha value is -1.81. The lowest BCUT2D eigenvalue weighted by Gasteiger charge is -2.29. The summed E-state index contributed by atoms with van der Waals surface area (Å²) < 4.78 is 2.19. The largest absolute Gasteiger partial charge is 0.393 e. The third kappa shape index (κ3) is 2.88. The first-order chi connectivity index (χ1) is 10.6. The number of aliphatic hydroxyl groups is 1. The molecule has 2 aromatic rings. The van der Waals surface area contributed by atoms with E-state index in [1.807, 2.05) is 29.3 Å². The number of piperidine rings is 1. The molecule has 4 nitrogen and oxygen atoms in total. The fraction of sp³-hybridized carbons (Fsp3) is 0.500. The van der Waals surface area contributed by atoms with Gasteiger partial charge in [0.25, 0.3) is 5.91 Å². The van der Waals surface area contributed by atoms with E-state index in [2.05, 4.69) is 24.5 Å². The lowest BCUT2D eigenvalue weighted by atomic mass is 10.1. The first-order valence-electron chi connectivity index (χ1n) is 8.11. The van der Waals surface area contributed by atoms with Gasteiger partial charge in [0.15, 0.2) is 0 Å². The molecular weight excluding hydrogens is 276 g/mol. The van der Waals surface area contributed by atoms with Gasteiger partial charge in [-0.25, -0.2) is 0 Å². The summed E-state index contributed by atoms with van der Waals surface area (Å²) >= 11 is 0. The Morgan fingerprint density at radius 3 is 2.64 bits per heavy atom. The summed E-state index contributed by atoms with van der Waals surface area (Å²) in [5.41, 5.74) is 1.91. The van der Waals surface area contributed by atoms with Gasteiger partial charge in [-0.15, -0.1) is 0 Å². The van der Waals surface area contributed by atoms with Gasteiger partial charge in [-0.2, -0.15) is 0 Å². The van der Waals surface area contributed by atoms with Crippen LogP contribution in [-0.4, -0.2) is 39.7 Å². The van der Waals surface area contributed by atoms with Crippen LogP contribution in [0.2, 0.25) is 0 Å². The molecule has 118 valence electrons. The van der Waals surface area contributed by atoms with E-state index in [1.165, 1.54) is 0 Å². The Morgan fingerprint density at radius 1 is 1.27 bits per heavy atom. The summed E-state index contributed by atoms with van der Waals surface area (Å²) in [4.78, 5) is 14.7. The number of aromatic nitrogens is 1. The van der Waals surface area contributed by atoms with Gasteiger partial charge in [-0.05, 0) is 24.8 Å². The second kappa shape index (κ2) is 6.13. The fourth-order valence-electron chi connectivity index (χ4n) is 3.20. The molecule has 2 heterocycles. The Labute approximate surface area is 131 Å². The molecule has 22 heavy (non-hydrogen) atoms. The van der Waals surface area contributed by atoms with E-state index in [-0.39, 0.29) is 12.0 Å². The van der Waals surface area contributed by atoms with Crippen molar-refractivity contribution in [3.63, 3.8) is 0 Å². The molecule has 0 atom stereocenters. The molecule has 1 saturated heterocycles. The van der Waals surface area contributed by atoms with Gasteiger partial charge in [-0.3, -0.25) is 4.79 Å². The van der Waals surface area contributed by atoms with Crippen molar-refractivity contribution in [3.8, 4) is 0 Å². The first-order valence-corrected chi connectivity index (χ1v) is 8.11. The highest BCUT2D eigenvalue weighted by molar-refractivity contribution is 6.07. The van der Waals surface area contributed by atoms with Crippen molar-refractivity contribution in [2.75, 3.05) is 13.1 Å². The highest BCUT2D eigenvalue weighted by Gasteiger charge is 2.25. The number of carbonyl (C=O) groups is 1. The number of hydrogen-bond acceptors (Lipinski definition) is 2. The molecule has 1 N–H and O–H groups in total. The van der Waals surface area contributed by atoms with Gasteiger partial charge in [0.2, 0.25) is 0 Å². The average molecular weight is 300 g/mol. The standard InChI is InChI=1S/C18H24N2O2/c1-13(2)11-20-12-16(15-5-3-4-6-17(15)20)18(22)19-9-7-14(21)8-10-19/h3-6,12-14,21H,7-11H2,1-2H3. The smallest absolute Gasteiger partial charge is 0.256 e. The lowest BCUT2D eigenvalue weighted by Crippen LogP contribution is -2.40. The van der Waals surface area contributed by atoms with Gasteiger partial charge in [0, 0.05) is 36.7 Å². The van der Waals surface area contributed by atoms with Crippen molar-refractivity contribution in [2.45, 2.75) is 39.3 Å². The second-order valence-electron chi connectivity index (χ2n) is 6.63. The van der Waals surface area contributed by atoms with E-state index in [0.29, 0.717) is 31.8 Å². The van der Waals surface area contributed by atoms with Crippen molar-refractivity contribution in [1.82, 2.24) is 9.47 Å². The molecule has 4 heteroatoms. The maximum atomic E-state index is 12.9. The van der Waals surface area contributed by atoms with Crippen molar-refractivity contribution < 1.29 is 9.90 Å².